The average molecular weight is 196 g/mol. The highest BCUT2D eigenvalue weighted by Gasteiger charge is 2.73. The van der Waals surface area contributed by atoms with Crippen LogP contribution >= 0.6 is 8.23 Å². The number of alkyl halides is 5. The number of hydrogen-bond donors (Lipinski definition) is 0. The van der Waals surface area contributed by atoms with Crippen LogP contribution in [0, 0.1) is 0 Å². The van der Waals surface area contributed by atoms with Gasteiger partial charge in [-0.1, -0.05) is 0 Å². The van der Waals surface area contributed by atoms with E-state index in [-0.39, 0.29) is 0 Å². The molecule has 0 bridgehead atoms. The number of halogens is 6. The van der Waals surface area contributed by atoms with Crippen LogP contribution < -0.4 is 0 Å². The third-order valence-electron chi connectivity index (χ3n) is 1.42. The van der Waals surface area contributed by atoms with E-state index in [1.165, 1.54) is 0 Å². The Labute approximate surface area is 59.4 Å². The Morgan fingerprint density at radius 1 is 1.18 bits per heavy atom. The zero-order chi connectivity index (χ0) is 8.86. The minimum Gasteiger partial charge on any atom is -0.240 e. The highest BCUT2D eigenvalue weighted by molar-refractivity contribution is 7.54. The van der Waals surface area contributed by atoms with Crippen molar-refractivity contribution in [3.8, 4) is 0 Å². The SMILES string of the molecule is FC1CP(F)C(F)(F)C1(F)F. The van der Waals surface area contributed by atoms with Crippen molar-refractivity contribution in [1.82, 2.24) is 0 Å². The molecule has 0 radical (unpaired) electrons. The van der Waals surface area contributed by atoms with Crippen molar-refractivity contribution >= 4 is 8.23 Å². The van der Waals surface area contributed by atoms with Gasteiger partial charge in [-0.15, -0.1) is 0 Å². The van der Waals surface area contributed by atoms with Crippen molar-refractivity contribution < 1.29 is 26.1 Å². The quantitative estimate of drug-likeness (QED) is 0.412. The van der Waals surface area contributed by atoms with Gasteiger partial charge in [0, 0.05) is 6.16 Å². The molecule has 0 nitrogen and oxygen atoms in total. The summed E-state index contributed by atoms with van der Waals surface area (Å²) in [5.74, 6) is -4.83. The molecule has 0 aliphatic carbocycles. The van der Waals surface area contributed by atoms with Gasteiger partial charge in [0.05, 0.1) is 0 Å². The molecule has 2 atom stereocenters. The average Bonchev–Trinajstić information content (AvgIpc) is 1.95. The Kier molecular flexibility index (Phi) is 1.86. The third-order valence-corrected chi connectivity index (χ3v) is 2.97. The van der Waals surface area contributed by atoms with E-state index in [2.05, 4.69) is 0 Å². The van der Waals surface area contributed by atoms with Gasteiger partial charge in [0.1, 0.15) is 0 Å². The second-order valence-corrected chi connectivity index (χ2v) is 3.83. The minimum absolute atomic E-state index is 1.37. The zero-order valence-corrected chi connectivity index (χ0v) is 5.89. The van der Waals surface area contributed by atoms with Crippen LogP contribution in [0.5, 0.6) is 0 Å². The molecule has 0 N–H and O–H groups in total. The van der Waals surface area contributed by atoms with E-state index in [1.807, 2.05) is 0 Å². The van der Waals surface area contributed by atoms with Gasteiger partial charge in [0.15, 0.2) is 14.4 Å². The highest BCUT2D eigenvalue weighted by Crippen LogP contribution is 2.67. The minimum atomic E-state index is -4.83. The lowest BCUT2D eigenvalue weighted by atomic mass is 10.2. The summed E-state index contributed by atoms with van der Waals surface area (Å²) in [5.41, 5.74) is -4.79. The van der Waals surface area contributed by atoms with Crippen molar-refractivity contribution in [2.45, 2.75) is 17.8 Å². The molecule has 0 amide bonds. The van der Waals surface area contributed by atoms with E-state index in [4.69, 9.17) is 0 Å². The molecule has 11 heavy (non-hydrogen) atoms. The third kappa shape index (κ3) is 1.03. The van der Waals surface area contributed by atoms with Gasteiger partial charge in [0.25, 0.3) is 0 Å². The maximum Gasteiger partial charge on any atom is 0.358 e. The normalized spacial score (nSPS) is 40.9. The van der Waals surface area contributed by atoms with Gasteiger partial charge in [-0.05, 0) is 0 Å². The van der Waals surface area contributed by atoms with Crippen molar-refractivity contribution in [2.75, 3.05) is 6.16 Å². The van der Waals surface area contributed by atoms with Crippen LogP contribution in [0.3, 0.4) is 0 Å². The number of hydrogen-bond acceptors (Lipinski definition) is 0. The van der Waals surface area contributed by atoms with Crippen LogP contribution in [-0.4, -0.2) is 23.9 Å². The van der Waals surface area contributed by atoms with E-state index in [0.717, 1.165) is 0 Å². The summed E-state index contributed by atoms with van der Waals surface area (Å²) in [6.07, 6.45) is -4.41. The lowest BCUT2D eigenvalue weighted by Gasteiger charge is -2.19. The topological polar surface area (TPSA) is 0 Å². The largest absolute Gasteiger partial charge is 0.358 e. The molecule has 0 aromatic rings. The fourth-order valence-corrected chi connectivity index (χ4v) is 1.92. The van der Waals surface area contributed by atoms with Gasteiger partial charge in [-0.2, -0.15) is 17.6 Å². The molecule has 0 aromatic heterocycles. The van der Waals surface area contributed by atoms with E-state index in [0.29, 0.717) is 0 Å². The van der Waals surface area contributed by atoms with Crippen molar-refractivity contribution in [2.24, 2.45) is 0 Å². The van der Waals surface area contributed by atoms with E-state index < -0.39 is 32.2 Å². The molecule has 1 aliphatic heterocycles. The molecule has 0 saturated carbocycles. The Balaban J connectivity index is 2.95. The summed E-state index contributed by atoms with van der Waals surface area (Å²) in [7, 11) is -3.69. The molecule has 0 aromatic carbocycles. The van der Waals surface area contributed by atoms with Gasteiger partial charge in [0.2, 0.25) is 0 Å². The Hall–Kier alpha value is 0.01000. The van der Waals surface area contributed by atoms with E-state index in [9.17, 15) is 26.1 Å². The second kappa shape index (κ2) is 2.25. The standard InChI is InChI=1S/C4H3F6P/c5-2-1-11(10)4(8,9)3(2,6)7/h2H,1H2. The van der Waals surface area contributed by atoms with Crippen LogP contribution in [0.25, 0.3) is 0 Å². The van der Waals surface area contributed by atoms with E-state index in [1.54, 1.807) is 0 Å². The fourth-order valence-electron chi connectivity index (χ4n) is 0.720. The second-order valence-electron chi connectivity index (χ2n) is 2.18. The summed E-state index contributed by atoms with van der Waals surface area (Å²) in [4.78, 5) is 0. The van der Waals surface area contributed by atoms with Gasteiger partial charge >= 0.3 is 11.6 Å². The smallest absolute Gasteiger partial charge is 0.240 e. The number of rotatable bonds is 0. The molecule has 2 unspecified atom stereocenters. The first-order valence-corrected chi connectivity index (χ1v) is 4.05. The molecule has 1 heterocycles. The molecule has 66 valence electrons. The predicted octanol–water partition coefficient (Wildman–Crippen LogP) is 2.93. The molecule has 1 aliphatic rings. The van der Waals surface area contributed by atoms with Crippen molar-refractivity contribution in [3.63, 3.8) is 0 Å². The van der Waals surface area contributed by atoms with Gasteiger partial charge in [-0.3, -0.25) is 0 Å². The van der Waals surface area contributed by atoms with Crippen LogP contribution in [0.15, 0.2) is 0 Å². The Bertz CT molecular complexity index is 150. The van der Waals surface area contributed by atoms with Gasteiger partial charge < -0.3 is 0 Å². The summed E-state index contributed by atoms with van der Waals surface area (Å²) < 4.78 is 72.1. The van der Waals surface area contributed by atoms with Crippen LogP contribution in [-0.2, 0) is 0 Å². The first-order valence-electron chi connectivity index (χ1n) is 2.63. The molecule has 0 spiro atoms. The first-order chi connectivity index (χ1) is 4.80. The Morgan fingerprint density at radius 3 is 1.73 bits per heavy atom. The lowest BCUT2D eigenvalue weighted by Crippen LogP contribution is -2.39. The lowest BCUT2D eigenvalue weighted by molar-refractivity contribution is -0.177. The molecule has 7 heteroatoms. The monoisotopic (exact) mass is 196 g/mol. The maximum absolute atomic E-state index is 12.0. The molecule has 1 rings (SSSR count). The van der Waals surface area contributed by atoms with Crippen molar-refractivity contribution in [3.05, 3.63) is 0 Å². The molecule has 1 fully saturated rings. The summed E-state index contributed by atoms with van der Waals surface area (Å²) in [5, 5.41) is 0. The van der Waals surface area contributed by atoms with Crippen LogP contribution in [0.1, 0.15) is 0 Å². The maximum atomic E-state index is 12.0. The molecular weight excluding hydrogens is 193 g/mol. The first kappa shape index (κ1) is 9.10. The predicted molar refractivity (Wildman–Crippen MR) is 27.7 cm³/mol. The molecular formula is C4H3F6P. The van der Waals surface area contributed by atoms with E-state index >= 15 is 0 Å². The summed E-state index contributed by atoms with van der Waals surface area (Å²) in [6, 6.07) is 0. The van der Waals surface area contributed by atoms with Crippen LogP contribution in [0.2, 0.25) is 0 Å². The van der Waals surface area contributed by atoms with Gasteiger partial charge in [-0.25, -0.2) is 8.59 Å². The van der Waals surface area contributed by atoms with Crippen LogP contribution in [0.4, 0.5) is 26.1 Å². The summed E-state index contributed by atoms with van der Waals surface area (Å²) >= 11 is 0. The zero-order valence-electron chi connectivity index (χ0n) is 5.00. The fraction of sp³-hybridized carbons (Fsp3) is 1.00. The highest BCUT2D eigenvalue weighted by atomic mass is 31.2. The summed E-state index contributed by atoms with van der Waals surface area (Å²) in [6.45, 7) is 0. The molecule has 1 saturated heterocycles. The van der Waals surface area contributed by atoms with Crippen molar-refractivity contribution in [1.29, 1.82) is 0 Å². The Morgan fingerprint density at radius 2 is 1.64 bits per heavy atom.